The van der Waals surface area contributed by atoms with Gasteiger partial charge in [0.05, 0.1) is 10.2 Å². The van der Waals surface area contributed by atoms with Crippen LogP contribution in [0.1, 0.15) is 33.1 Å². The lowest BCUT2D eigenvalue weighted by atomic mass is 10.0. The lowest BCUT2D eigenvalue weighted by Crippen LogP contribution is -2.48. The summed E-state index contributed by atoms with van der Waals surface area (Å²) in [5.74, 6) is 0.182. The second-order valence-corrected chi connectivity index (χ2v) is 6.76. The monoisotopic (exact) mass is 303 g/mol. The molecule has 1 aliphatic rings. The summed E-state index contributed by atoms with van der Waals surface area (Å²) in [6.07, 6.45) is 3.45. The molecule has 1 saturated heterocycles. The first kappa shape index (κ1) is 14.3. The third kappa shape index (κ3) is 3.02. The van der Waals surface area contributed by atoms with Crippen LogP contribution >= 0.6 is 11.3 Å². The van der Waals surface area contributed by atoms with Crippen LogP contribution in [0.4, 0.5) is 5.13 Å². The van der Waals surface area contributed by atoms with Gasteiger partial charge in [-0.2, -0.15) is 0 Å². The number of para-hydroxylation sites is 1. The second-order valence-electron chi connectivity index (χ2n) is 5.73. The first-order valence-electron chi connectivity index (χ1n) is 7.58. The van der Waals surface area contributed by atoms with Crippen molar-refractivity contribution in [3.8, 4) is 0 Å². The second kappa shape index (κ2) is 6.02. The number of amides is 1. The number of carbonyl (C=O) groups is 1. The molecular weight excluding hydrogens is 282 g/mol. The number of carbonyl (C=O) groups excluding carboxylic acids is 1. The molecule has 2 atom stereocenters. The summed E-state index contributed by atoms with van der Waals surface area (Å²) in [4.78, 5) is 19.1. The maximum absolute atomic E-state index is 12.6. The average Bonchev–Trinajstić information content (AvgIpc) is 2.89. The van der Waals surface area contributed by atoms with Crippen molar-refractivity contribution in [3.05, 3.63) is 24.3 Å². The van der Waals surface area contributed by atoms with Crippen LogP contribution in [0.5, 0.6) is 0 Å². The molecule has 3 rings (SSSR count). The molecule has 1 aromatic heterocycles. The molecule has 0 radical (unpaired) electrons. The van der Waals surface area contributed by atoms with Crippen molar-refractivity contribution < 1.29 is 4.79 Å². The number of hydrogen-bond donors (Lipinski definition) is 1. The van der Waals surface area contributed by atoms with E-state index in [-0.39, 0.29) is 11.9 Å². The van der Waals surface area contributed by atoms with E-state index in [2.05, 4.69) is 23.3 Å². The normalized spacial score (nSPS) is 20.5. The van der Waals surface area contributed by atoms with Gasteiger partial charge in [0.1, 0.15) is 6.04 Å². The van der Waals surface area contributed by atoms with E-state index < -0.39 is 0 Å². The molecule has 2 heterocycles. The van der Waals surface area contributed by atoms with Crippen LogP contribution in [0.2, 0.25) is 0 Å². The van der Waals surface area contributed by atoms with Gasteiger partial charge in [0.2, 0.25) is 5.91 Å². The molecule has 0 aliphatic carbocycles. The predicted octanol–water partition coefficient (Wildman–Crippen LogP) is 3.50. The Morgan fingerprint density at radius 1 is 1.43 bits per heavy atom. The quantitative estimate of drug-likeness (QED) is 0.944. The number of benzene rings is 1. The zero-order valence-electron chi connectivity index (χ0n) is 12.5. The molecule has 5 heteroatoms. The van der Waals surface area contributed by atoms with E-state index in [9.17, 15) is 4.79 Å². The van der Waals surface area contributed by atoms with Gasteiger partial charge in [0.15, 0.2) is 5.13 Å². The Morgan fingerprint density at radius 3 is 3.00 bits per heavy atom. The Hall–Kier alpha value is -1.62. The number of likely N-dealkylation sites (tertiary alicyclic amines) is 1. The number of rotatable bonds is 3. The zero-order chi connectivity index (χ0) is 14.8. The largest absolute Gasteiger partial charge is 0.350 e. The molecule has 1 aromatic carbocycles. The summed E-state index contributed by atoms with van der Waals surface area (Å²) in [7, 11) is 0. The summed E-state index contributed by atoms with van der Waals surface area (Å²) < 4.78 is 1.14. The molecule has 2 unspecified atom stereocenters. The number of nitrogens with zero attached hydrogens (tertiary/aromatic N) is 2. The summed E-state index contributed by atoms with van der Waals surface area (Å²) in [5.41, 5.74) is 0.982. The molecule has 0 bridgehead atoms. The van der Waals surface area contributed by atoms with E-state index in [4.69, 9.17) is 0 Å². The Labute approximate surface area is 129 Å². The fourth-order valence-corrected chi connectivity index (χ4v) is 3.81. The van der Waals surface area contributed by atoms with Gasteiger partial charge in [0.25, 0.3) is 0 Å². The molecule has 0 saturated carbocycles. The number of hydrogen-bond acceptors (Lipinski definition) is 4. The standard InChI is InChI=1S/C16H21N3OS/c1-11-7-5-6-10-19(11)15(20)12(2)17-16-18-13-8-3-4-9-14(13)21-16/h3-4,8-9,11-12H,5-7,10H2,1-2H3,(H,17,18). The topological polar surface area (TPSA) is 45.2 Å². The Kier molecular flexibility index (Phi) is 4.10. The lowest BCUT2D eigenvalue weighted by Gasteiger charge is -2.35. The van der Waals surface area contributed by atoms with E-state index in [0.717, 1.165) is 34.7 Å². The minimum atomic E-state index is -0.230. The van der Waals surface area contributed by atoms with E-state index in [1.54, 1.807) is 11.3 Å². The fourth-order valence-electron chi connectivity index (χ4n) is 2.86. The SMILES string of the molecule is CC(Nc1nc2ccccc2s1)C(=O)N1CCCCC1C. The molecule has 112 valence electrons. The van der Waals surface area contributed by atoms with Crippen molar-refractivity contribution >= 4 is 32.6 Å². The van der Waals surface area contributed by atoms with Gasteiger partial charge in [-0.1, -0.05) is 23.5 Å². The number of anilines is 1. The van der Waals surface area contributed by atoms with E-state index in [1.165, 1.54) is 6.42 Å². The summed E-state index contributed by atoms with van der Waals surface area (Å²) >= 11 is 1.60. The van der Waals surface area contributed by atoms with Gasteiger partial charge in [-0.3, -0.25) is 4.79 Å². The minimum Gasteiger partial charge on any atom is -0.350 e. The van der Waals surface area contributed by atoms with E-state index in [1.807, 2.05) is 30.0 Å². The Bertz CT molecular complexity index is 606. The number of nitrogens with one attached hydrogen (secondary N) is 1. The Morgan fingerprint density at radius 2 is 2.24 bits per heavy atom. The van der Waals surface area contributed by atoms with E-state index in [0.29, 0.717) is 6.04 Å². The molecular formula is C16H21N3OS. The number of aromatic nitrogens is 1. The van der Waals surface area contributed by atoms with Gasteiger partial charge in [-0.05, 0) is 45.2 Å². The minimum absolute atomic E-state index is 0.182. The highest BCUT2D eigenvalue weighted by atomic mass is 32.1. The lowest BCUT2D eigenvalue weighted by molar-refractivity contribution is -0.134. The summed E-state index contributed by atoms with van der Waals surface area (Å²) in [6, 6.07) is 8.16. The molecule has 21 heavy (non-hydrogen) atoms. The summed E-state index contributed by atoms with van der Waals surface area (Å²) in [5, 5.41) is 4.09. The third-order valence-corrected chi connectivity index (χ3v) is 5.06. The van der Waals surface area contributed by atoms with E-state index >= 15 is 0 Å². The van der Waals surface area contributed by atoms with Gasteiger partial charge >= 0.3 is 0 Å². The molecule has 4 nitrogen and oxygen atoms in total. The third-order valence-electron chi connectivity index (χ3n) is 4.09. The number of thiazole rings is 1. The molecule has 1 N–H and O–H groups in total. The van der Waals surface area contributed by atoms with Gasteiger partial charge in [0, 0.05) is 12.6 Å². The van der Waals surface area contributed by atoms with Crippen molar-refractivity contribution in [2.24, 2.45) is 0 Å². The highest BCUT2D eigenvalue weighted by Gasteiger charge is 2.27. The molecule has 2 aromatic rings. The van der Waals surface area contributed by atoms with Gasteiger partial charge < -0.3 is 10.2 Å². The van der Waals surface area contributed by atoms with Crippen LogP contribution in [0.25, 0.3) is 10.2 Å². The van der Waals surface area contributed by atoms with Crippen LogP contribution in [-0.4, -0.2) is 34.4 Å². The molecule has 1 aliphatic heterocycles. The number of piperidine rings is 1. The van der Waals surface area contributed by atoms with Crippen molar-refractivity contribution in [1.29, 1.82) is 0 Å². The first-order chi connectivity index (χ1) is 10.1. The average molecular weight is 303 g/mol. The van der Waals surface area contributed by atoms with Crippen LogP contribution in [0.15, 0.2) is 24.3 Å². The zero-order valence-corrected chi connectivity index (χ0v) is 13.3. The maximum Gasteiger partial charge on any atom is 0.245 e. The highest BCUT2D eigenvalue weighted by Crippen LogP contribution is 2.26. The fraction of sp³-hybridized carbons (Fsp3) is 0.500. The van der Waals surface area contributed by atoms with Gasteiger partial charge in [-0.15, -0.1) is 0 Å². The van der Waals surface area contributed by atoms with Crippen molar-refractivity contribution in [2.75, 3.05) is 11.9 Å². The highest BCUT2D eigenvalue weighted by molar-refractivity contribution is 7.22. The molecule has 0 spiro atoms. The van der Waals surface area contributed by atoms with Crippen molar-refractivity contribution in [2.45, 2.75) is 45.2 Å². The van der Waals surface area contributed by atoms with Crippen molar-refractivity contribution in [1.82, 2.24) is 9.88 Å². The molecule has 1 amide bonds. The first-order valence-corrected chi connectivity index (χ1v) is 8.39. The Balaban J connectivity index is 1.70. The summed E-state index contributed by atoms with van der Waals surface area (Å²) in [6.45, 7) is 4.95. The maximum atomic E-state index is 12.6. The predicted molar refractivity (Wildman–Crippen MR) is 87.7 cm³/mol. The number of fused-ring (bicyclic) bond motifs is 1. The van der Waals surface area contributed by atoms with Gasteiger partial charge in [-0.25, -0.2) is 4.98 Å². The molecule has 1 fully saturated rings. The van der Waals surface area contributed by atoms with Crippen LogP contribution < -0.4 is 5.32 Å². The smallest absolute Gasteiger partial charge is 0.245 e. The van der Waals surface area contributed by atoms with Crippen LogP contribution in [-0.2, 0) is 4.79 Å². The van der Waals surface area contributed by atoms with Crippen LogP contribution in [0, 0.1) is 0 Å². The van der Waals surface area contributed by atoms with Crippen LogP contribution in [0.3, 0.4) is 0 Å². The van der Waals surface area contributed by atoms with Crippen molar-refractivity contribution in [3.63, 3.8) is 0 Å².